The van der Waals surface area contributed by atoms with Crippen molar-refractivity contribution < 1.29 is 4.39 Å². The molecule has 5 nitrogen and oxygen atoms in total. The molecular formula is C15H16FN5S. The molecule has 2 heterocycles. The molecule has 0 aliphatic heterocycles. The molecular weight excluding hydrogens is 301 g/mol. The van der Waals surface area contributed by atoms with Crippen molar-refractivity contribution in [2.45, 2.75) is 13.1 Å². The van der Waals surface area contributed by atoms with Crippen LogP contribution in [-0.4, -0.2) is 22.4 Å². The summed E-state index contributed by atoms with van der Waals surface area (Å²) in [6.07, 6.45) is 3.95. The zero-order chi connectivity index (χ0) is 15.4. The Morgan fingerprint density at radius 2 is 2.14 bits per heavy atom. The lowest BCUT2D eigenvalue weighted by Crippen LogP contribution is -2.36. The fraction of sp³-hybridized carbons (Fsp3) is 0.200. The van der Waals surface area contributed by atoms with Crippen LogP contribution >= 0.6 is 11.3 Å². The van der Waals surface area contributed by atoms with Gasteiger partial charge in [0.05, 0.1) is 12.2 Å². The maximum Gasteiger partial charge on any atom is 0.193 e. The average molecular weight is 317 g/mol. The second-order valence-corrected chi connectivity index (χ2v) is 5.57. The first kappa shape index (κ1) is 14.5. The van der Waals surface area contributed by atoms with E-state index in [1.165, 1.54) is 6.07 Å². The van der Waals surface area contributed by atoms with Gasteiger partial charge in [-0.05, 0) is 6.07 Å². The van der Waals surface area contributed by atoms with Gasteiger partial charge in [0.1, 0.15) is 5.82 Å². The molecule has 3 rings (SSSR count). The number of aromatic nitrogens is 2. The van der Waals surface area contributed by atoms with Crippen LogP contribution in [0.4, 0.5) is 4.39 Å². The number of hydrogen-bond acceptors (Lipinski definition) is 3. The summed E-state index contributed by atoms with van der Waals surface area (Å²) in [5, 5.41) is 8.26. The Kier molecular flexibility index (Phi) is 4.34. The number of hydrogen-bond donors (Lipinski definition) is 2. The number of benzene rings is 1. The van der Waals surface area contributed by atoms with Crippen LogP contribution in [0.2, 0.25) is 0 Å². The molecule has 1 aromatic carbocycles. The molecule has 0 amide bonds. The molecule has 22 heavy (non-hydrogen) atoms. The number of thiazole rings is 1. The van der Waals surface area contributed by atoms with Gasteiger partial charge in [0.15, 0.2) is 10.9 Å². The number of aliphatic imine (C=N–C) groups is 1. The van der Waals surface area contributed by atoms with Crippen LogP contribution in [0.25, 0.3) is 4.96 Å². The second-order valence-electron chi connectivity index (χ2n) is 4.70. The number of nitrogens with one attached hydrogen (secondary N) is 2. The molecule has 0 atom stereocenters. The van der Waals surface area contributed by atoms with Crippen LogP contribution in [-0.2, 0) is 13.1 Å². The van der Waals surface area contributed by atoms with E-state index in [1.807, 2.05) is 28.2 Å². The summed E-state index contributed by atoms with van der Waals surface area (Å²) in [5.74, 6) is 0.388. The number of imidazole rings is 1. The topological polar surface area (TPSA) is 53.7 Å². The van der Waals surface area contributed by atoms with Gasteiger partial charge in [-0.1, -0.05) is 18.2 Å². The predicted molar refractivity (Wildman–Crippen MR) is 86.5 cm³/mol. The lowest BCUT2D eigenvalue weighted by molar-refractivity contribution is 0.604. The standard InChI is InChI=1S/C15H16FN5S/c1-17-14(18-8-11-4-2-3-5-13(11)16)19-9-12-10-21-6-7-22-15(21)20-12/h2-7,10H,8-9H2,1H3,(H2,17,18,19). The van der Waals surface area contributed by atoms with E-state index < -0.39 is 0 Å². The number of guanidine groups is 1. The van der Waals surface area contributed by atoms with Crippen LogP contribution < -0.4 is 10.6 Å². The summed E-state index contributed by atoms with van der Waals surface area (Å²) in [7, 11) is 1.68. The van der Waals surface area contributed by atoms with E-state index in [4.69, 9.17) is 0 Å². The highest BCUT2D eigenvalue weighted by molar-refractivity contribution is 7.15. The zero-order valence-corrected chi connectivity index (χ0v) is 12.9. The predicted octanol–water partition coefficient (Wildman–Crippen LogP) is 2.40. The Balaban J connectivity index is 1.56. The molecule has 0 aliphatic rings. The van der Waals surface area contributed by atoms with E-state index in [-0.39, 0.29) is 5.82 Å². The van der Waals surface area contributed by atoms with Crippen LogP contribution in [0.1, 0.15) is 11.3 Å². The average Bonchev–Trinajstić information content (AvgIpc) is 3.10. The Morgan fingerprint density at radius 3 is 2.91 bits per heavy atom. The maximum atomic E-state index is 13.6. The third kappa shape index (κ3) is 3.25. The first-order valence-electron chi connectivity index (χ1n) is 6.85. The molecule has 0 bridgehead atoms. The second kappa shape index (κ2) is 6.57. The van der Waals surface area contributed by atoms with Gasteiger partial charge in [0.25, 0.3) is 0 Å². The minimum atomic E-state index is -0.222. The van der Waals surface area contributed by atoms with E-state index in [1.54, 1.807) is 30.5 Å². The first-order chi connectivity index (χ1) is 10.8. The largest absolute Gasteiger partial charge is 0.352 e. The molecule has 114 valence electrons. The van der Waals surface area contributed by atoms with Crippen LogP contribution in [0, 0.1) is 5.82 Å². The minimum absolute atomic E-state index is 0.222. The molecule has 0 aliphatic carbocycles. The van der Waals surface area contributed by atoms with Crippen molar-refractivity contribution in [1.82, 2.24) is 20.0 Å². The third-order valence-electron chi connectivity index (χ3n) is 3.21. The number of rotatable bonds is 4. The highest BCUT2D eigenvalue weighted by Crippen LogP contribution is 2.11. The quantitative estimate of drug-likeness (QED) is 0.574. The molecule has 7 heteroatoms. The van der Waals surface area contributed by atoms with Gasteiger partial charge in [-0.15, -0.1) is 11.3 Å². The van der Waals surface area contributed by atoms with Crippen molar-refractivity contribution in [1.29, 1.82) is 0 Å². The molecule has 3 aromatic rings. The van der Waals surface area contributed by atoms with Crippen molar-refractivity contribution in [3.63, 3.8) is 0 Å². The molecule has 0 fully saturated rings. The molecule has 2 aromatic heterocycles. The molecule has 0 spiro atoms. The molecule has 0 radical (unpaired) electrons. The van der Waals surface area contributed by atoms with Crippen molar-refractivity contribution in [3.05, 3.63) is 59.1 Å². The Morgan fingerprint density at radius 1 is 1.32 bits per heavy atom. The van der Waals surface area contributed by atoms with E-state index in [9.17, 15) is 4.39 Å². The van der Waals surface area contributed by atoms with E-state index in [0.29, 0.717) is 24.6 Å². The molecule has 0 saturated carbocycles. The van der Waals surface area contributed by atoms with Gasteiger partial charge in [0, 0.05) is 36.9 Å². The van der Waals surface area contributed by atoms with E-state index in [0.717, 1.165) is 10.7 Å². The fourth-order valence-corrected chi connectivity index (χ4v) is 2.80. The van der Waals surface area contributed by atoms with Crippen LogP contribution in [0.15, 0.2) is 47.0 Å². The third-order valence-corrected chi connectivity index (χ3v) is 3.98. The van der Waals surface area contributed by atoms with Gasteiger partial charge < -0.3 is 10.6 Å². The highest BCUT2D eigenvalue weighted by atomic mass is 32.1. The molecule has 2 N–H and O–H groups in total. The van der Waals surface area contributed by atoms with Crippen LogP contribution in [0.5, 0.6) is 0 Å². The normalized spacial score (nSPS) is 11.8. The lowest BCUT2D eigenvalue weighted by Gasteiger charge is -2.11. The Bertz CT molecular complexity index is 763. The monoisotopic (exact) mass is 317 g/mol. The summed E-state index contributed by atoms with van der Waals surface area (Å²) in [5.41, 5.74) is 1.54. The minimum Gasteiger partial charge on any atom is -0.352 e. The van der Waals surface area contributed by atoms with Crippen molar-refractivity contribution in [2.24, 2.45) is 4.99 Å². The van der Waals surface area contributed by atoms with Gasteiger partial charge in [0.2, 0.25) is 0 Å². The van der Waals surface area contributed by atoms with Crippen molar-refractivity contribution in [2.75, 3.05) is 7.05 Å². The van der Waals surface area contributed by atoms with Crippen molar-refractivity contribution in [3.8, 4) is 0 Å². The van der Waals surface area contributed by atoms with Crippen LogP contribution in [0.3, 0.4) is 0 Å². The number of nitrogens with zero attached hydrogens (tertiary/aromatic N) is 3. The molecule has 0 unspecified atom stereocenters. The lowest BCUT2D eigenvalue weighted by atomic mass is 10.2. The fourth-order valence-electron chi connectivity index (χ4n) is 2.08. The first-order valence-corrected chi connectivity index (χ1v) is 7.73. The van der Waals surface area contributed by atoms with Gasteiger partial charge in [-0.3, -0.25) is 9.39 Å². The van der Waals surface area contributed by atoms with Gasteiger partial charge in [-0.2, -0.15) is 0 Å². The summed E-state index contributed by atoms with van der Waals surface area (Å²) < 4.78 is 15.5. The molecule has 0 saturated heterocycles. The van der Waals surface area contributed by atoms with E-state index >= 15 is 0 Å². The smallest absolute Gasteiger partial charge is 0.193 e. The summed E-state index contributed by atoms with van der Waals surface area (Å²) in [4.78, 5) is 9.58. The Hall–Kier alpha value is -2.41. The van der Waals surface area contributed by atoms with E-state index in [2.05, 4.69) is 20.6 Å². The number of halogens is 1. The Labute approximate surface area is 131 Å². The van der Waals surface area contributed by atoms with Gasteiger partial charge in [-0.25, -0.2) is 9.37 Å². The zero-order valence-electron chi connectivity index (χ0n) is 12.1. The highest BCUT2D eigenvalue weighted by Gasteiger charge is 2.05. The van der Waals surface area contributed by atoms with Gasteiger partial charge >= 0.3 is 0 Å². The van der Waals surface area contributed by atoms with Crippen molar-refractivity contribution >= 4 is 22.3 Å². The summed E-state index contributed by atoms with van der Waals surface area (Å²) in [6.45, 7) is 0.940. The summed E-state index contributed by atoms with van der Waals surface area (Å²) >= 11 is 1.59. The SMILES string of the molecule is CN=C(NCc1cn2ccsc2n1)NCc1ccccc1F. The number of fused-ring (bicyclic) bond motifs is 1. The maximum absolute atomic E-state index is 13.6. The summed E-state index contributed by atoms with van der Waals surface area (Å²) in [6, 6.07) is 6.69.